The second kappa shape index (κ2) is 6.11. The molecule has 0 rings (SSSR count). The fourth-order valence-electron chi connectivity index (χ4n) is 0.538. The van der Waals surface area contributed by atoms with E-state index < -0.39 is 13.8 Å². The minimum Gasteiger partial charge on any atom is -0.305 e. The highest BCUT2D eigenvalue weighted by molar-refractivity contribution is 8.35. The summed E-state index contributed by atoms with van der Waals surface area (Å²) in [6, 6.07) is 0. The van der Waals surface area contributed by atoms with Crippen molar-refractivity contribution in [2.24, 2.45) is 0 Å². The first-order valence-corrected chi connectivity index (χ1v) is 6.14. The average molecular weight is 231 g/mol. The molecular formula is C6H13O3PS2. The molecule has 0 atom stereocenters. The predicted octanol–water partition coefficient (Wildman–Crippen LogP) is 2.90. The van der Waals surface area contributed by atoms with E-state index in [1.165, 1.54) is 0 Å². The quantitative estimate of drug-likeness (QED) is 0.537. The number of rotatable bonds is 5. The van der Waals surface area contributed by atoms with E-state index in [9.17, 15) is 4.57 Å². The highest BCUT2D eigenvalue weighted by Gasteiger charge is 2.28. The van der Waals surface area contributed by atoms with Crippen LogP contribution in [0.1, 0.15) is 18.0 Å². The molecule has 0 spiro atoms. The molecule has 0 fully saturated rings. The molecule has 0 aromatic heterocycles. The third-order valence-corrected chi connectivity index (χ3v) is 4.59. The molecule has 12 heavy (non-hydrogen) atoms. The third-order valence-electron chi connectivity index (χ3n) is 0.909. The molecule has 0 aromatic rings. The van der Waals surface area contributed by atoms with Crippen LogP contribution in [-0.4, -0.2) is 23.3 Å². The Hall–Kier alpha value is 0.590. The summed E-state index contributed by atoms with van der Waals surface area (Å²) in [6.07, 6.45) is -2.33. The van der Waals surface area contributed by atoms with E-state index in [1.807, 2.05) is 0 Å². The van der Waals surface area contributed by atoms with Crippen LogP contribution in [-0.2, 0) is 13.6 Å². The zero-order chi connectivity index (χ0) is 12.1. The summed E-state index contributed by atoms with van der Waals surface area (Å²) in [6.45, 7) is 3.57. The van der Waals surface area contributed by atoms with E-state index in [0.717, 1.165) is 0 Å². The molecule has 0 aliphatic heterocycles. The molecule has 0 heterocycles. The van der Waals surface area contributed by atoms with Gasteiger partial charge in [-0.15, -0.1) is 11.8 Å². The minimum atomic E-state index is -3.57. The van der Waals surface area contributed by atoms with Crippen LogP contribution in [0.2, 0.25) is 0 Å². The van der Waals surface area contributed by atoms with Gasteiger partial charge in [-0.3, -0.25) is 4.57 Å². The SMILES string of the molecule is [2H]C([2H])([2H])SC(=S)P(=O)(OCC)OCC. The van der Waals surface area contributed by atoms with Gasteiger partial charge in [-0.25, -0.2) is 0 Å². The number of hydrogen-bond donors (Lipinski definition) is 0. The Labute approximate surface area is 87.0 Å². The molecule has 3 nitrogen and oxygen atoms in total. The zero-order valence-electron chi connectivity index (χ0n) is 9.90. The van der Waals surface area contributed by atoms with Crippen LogP contribution in [0.4, 0.5) is 0 Å². The molecule has 0 N–H and O–H groups in total. The second-order valence-corrected chi connectivity index (χ2v) is 5.54. The van der Waals surface area contributed by atoms with Gasteiger partial charge in [-0.1, -0.05) is 12.2 Å². The molecule has 72 valence electrons. The Bertz CT molecular complexity index is 259. The van der Waals surface area contributed by atoms with Gasteiger partial charge in [0.15, 0.2) is 3.94 Å². The van der Waals surface area contributed by atoms with Gasteiger partial charge >= 0.3 is 7.60 Å². The van der Waals surface area contributed by atoms with Crippen LogP contribution in [0.25, 0.3) is 0 Å². The lowest BCUT2D eigenvalue weighted by Gasteiger charge is -2.15. The summed E-state index contributed by atoms with van der Waals surface area (Å²) in [5, 5.41) is 0. The topological polar surface area (TPSA) is 35.5 Å². The number of hydrogen-bond acceptors (Lipinski definition) is 5. The fourth-order valence-corrected chi connectivity index (χ4v) is 2.58. The van der Waals surface area contributed by atoms with Crippen molar-refractivity contribution >= 4 is 35.5 Å². The number of thiocarbonyl (C=S) groups is 1. The van der Waals surface area contributed by atoms with Crippen LogP contribution in [0, 0.1) is 0 Å². The van der Waals surface area contributed by atoms with Crippen molar-refractivity contribution in [2.75, 3.05) is 19.4 Å². The van der Waals surface area contributed by atoms with E-state index in [0.29, 0.717) is 11.8 Å². The van der Waals surface area contributed by atoms with Crippen molar-refractivity contribution in [3.8, 4) is 0 Å². The maximum Gasteiger partial charge on any atom is 0.378 e. The first-order valence-electron chi connectivity index (χ1n) is 4.88. The predicted molar refractivity (Wildman–Crippen MR) is 57.0 cm³/mol. The Morgan fingerprint density at radius 2 is 2.08 bits per heavy atom. The van der Waals surface area contributed by atoms with Crippen molar-refractivity contribution in [1.82, 2.24) is 0 Å². The summed E-state index contributed by atoms with van der Waals surface area (Å²) in [4.78, 5) is 0. The maximum absolute atomic E-state index is 11.9. The van der Waals surface area contributed by atoms with Gasteiger partial charge < -0.3 is 9.05 Å². The lowest BCUT2D eigenvalue weighted by atomic mass is 10.9. The van der Waals surface area contributed by atoms with Crippen molar-refractivity contribution in [1.29, 1.82) is 0 Å². The van der Waals surface area contributed by atoms with Crippen LogP contribution in [0.3, 0.4) is 0 Å². The molecule has 0 aromatic carbocycles. The van der Waals surface area contributed by atoms with E-state index in [2.05, 4.69) is 0 Å². The van der Waals surface area contributed by atoms with Crippen molar-refractivity contribution in [3.05, 3.63) is 0 Å². The molecule has 0 saturated carbocycles. The summed E-state index contributed by atoms with van der Waals surface area (Å²) in [5.41, 5.74) is 0. The molecule has 0 unspecified atom stereocenters. The molecule has 6 heteroatoms. The van der Waals surface area contributed by atoms with Crippen LogP contribution < -0.4 is 0 Å². The van der Waals surface area contributed by atoms with Gasteiger partial charge in [0, 0.05) is 4.11 Å². The smallest absolute Gasteiger partial charge is 0.305 e. The van der Waals surface area contributed by atoms with Gasteiger partial charge in [0.25, 0.3) is 0 Å². The molecule has 0 saturated heterocycles. The van der Waals surface area contributed by atoms with Crippen molar-refractivity contribution in [3.63, 3.8) is 0 Å². The Morgan fingerprint density at radius 1 is 1.58 bits per heavy atom. The highest BCUT2D eigenvalue weighted by Crippen LogP contribution is 2.52. The van der Waals surface area contributed by atoms with Crippen molar-refractivity contribution in [2.45, 2.75) is 13.8 Å². The lowest BCUT2D eigenvalue weighted by Crippen LogP contribution is -2.01. The van der Waals surface area contributed by atoms with Crippen LogP contribution in [0.15, 0.2) is 0 Å². The first-order chi connectivity index (χ1) is 6.75. The first kappa shape index (κ1) is 7.94. The second-order valence-electron chi connectivity index (χ2n) is 1.70. The van der Waals surface area contributed by atoms with Gasteiger partial charge in [0.1, 0.15) is 0 Å². The van der Waals surface area contributed by atoms with E-state index >= 15 is 0 Å². The standard InChI is InChI=1S/C6H13O3PS2/c1-4-8-10(7,9-5-2)6(11)12-3/h4-5H2,1-3H3/i3D3. The highest BCUT2D eigenvalue weighted by atomic mass is 32.2. The molecule has 0 aliphatic carbocycles. The fraction of sp³-hybridized carbons (Fsp3) is 0.833. The van der Waals surface area contributed by atoms with Gasteiger partial charge in [-0.2, -0.15) is 0 Å². The Kier molecular flexibility index (Phi) is 4.04. The Balaban J connectivity index is 4.63. The number of thioether (sulfide) groups is 1. The Morgan fingerprint density at radius 3 is 2.42 bits per heavy atom. The average Bonchev–Trinajstić information content (AvgIpc) is 2.01. The summed E-state index contributed by atoms with van der Waals surface area (Å²) >= 11 is 5.12. The largest absolute Gasteiger partial charge is 0.378 e. The molecule has 0 bridgehead atoms. The van der Waals surface area contributed by atoms with Crippen LogP contribution in [0.5, 0.6) is 0 Å². The van der Waals surface area contributed by atoms with E-state index in [1.54, 1.807) is 13.8 Å². The van der Waals surface area contributed by atoms with E-state index in [-0.39, 0.29) is 17.2 Å². The normalized spacial score (nSPS) is 16.3. The summed E-state index contributed by atoms with van der Waals surface area (Å²) in [7, 11) is -3.57. The summed E-state index contributed by atoms with van der Waals surface area (Å²) < 4.78 is 42.4. The van der Waals surface area contributed by atoms with Crippen molar-refractivity contribution < 1.29 is 17.7 Å². The zero-order valence-corrected chi connectivity index (χ0v) is 9.43. The lowest BCUT2D eigenvalue weighted by molar-refractivity contribution is 0.233. The maximum atomic E-state index is 11.9. The van der Waals surface area contributed by atoms with Gasteiger partial charge in [0.2, 0.25) is 0 Å². The monoisotopic (exact) mass is 231 g/mol. The molecule has 0 amide bonds. The van der Waals surface area contributed by atoms with Gasteiger partial charge in [-0.05, 0) is 20.0 Å². The third kappa shape index (κ3) is 3.54. The molecular weight excluding hydrogens is 215 g/mol. The van der Waals surface area contributed by atoms with E-state index in [4.69, 9.17) is 25.4 Å². The molecule has 0 aliphatic rings. The summed E-state index contributed by atoms with van der Waals surface area (Å²) in [5.74, 6) is 0. The molecule has 0 radical (unpaired) electrons. The van der Waals surface area contributed by atoms with Gasteiger partial charge in [0.05, 0.1) is 13.2 Å². The minimum absolute atomic E-state index is 0.152. The van der Waals surface area contributed by atoms with Crippen LogP contribution >= 0.6 is 31.6 Å².